The first-order valence-corrected chi connectivity index (χ1v) is 8.75. The summed E-state index contributed by atoms with van der Waals surface area (Å²) in [4.78, 5) is 27.6. The van der Waals surface area contributed by atoms with Crippen LogP contribution < -0.4 is 20.5 Å². The van der Waals surface area contributed by atoms with E-state index in [2.05, 4.69) is 10.3 Å². The number of hydrogen-bond acceptors (Lipinski definition) is 5. The molecule has 1 saturated heterocycles. The average molecular weight is 357 g/mol. The SMILES string of the molecule is CC(C)Oc1cc2c(OCC3CCCC(=O)N3)nccc2cc1C(N)=O. The summed E-state index contributed by atoms with van der Waals surface area (Å²) in [5, 5.41) is 4.44. The van der Waals surface area contributed by atoms with Crippen molar-refractivity contribution in [3.05, 3.63) is 30.0 Å². The van der Waals surface area contributed by atoms with Gasteiger partial charge in [0.15, 0.2) is 0 Å². The van der Waals surface area contributed by atoms with Gasteiger partial charge in [-0.2, -0.15) is 0 Å². The van der Waals surface area contributed by atoms with Crippen molar-refractivity contribution in [1.29, 1.82) is 0 Å². The zero-order chi connectivity index (χ0) is 18.7. The van der Waals surface area contributed by atoms with E-state index in [1.165, 1.54) is 0 Å². The van der Waals surface area contributed by atoms with E-state index in [-0.39, 0.29) is 18.1 Å². The average Bonchev–Trinajstić information content (AvgIpc) is 2.59. The first-order chi connectivity index (χ1) is 12.4. The van der Waals surface area contributed by atoms with Crippen molar-refractivity contribution in [2.24, 2.45) is 5.73 Å². The van der Waals surface area contributed by atoms with Crippen LogP contribution in [0.5, 0.6) is 11.6 Å². The number of nitrogens with two attached hydrogens (primary N) is 1. The molecule has 0 spiro atoms. The Labute approximate surface area is 151 Å². The van der Waals surface area contributed by atoms with Gasteiger partial charge < -0.3 is 20.5 Å². The summed E-state index contributed by atoms with van der Waals surface area (Å²) in [6.45, 7) is 4.10. The lowest BCUT2D eigenvalue weighted by atomic mass is 10.1. The minimum absolute atomic E-state index is 0.0235. The van der Waals surface area contributed by atoms with E-state index in [0.29, 0.717) is 30.2 Å². The van der Waals surface area contributed by atoms with Crippen molar-refractivity contribution in [2.75, 3.05) is 6.61 Å². The maximum Gasteiger partial charge on any atom is 0.252 e. The molecule has 1 fully saturated rings. The van der Waals surface area contributed by atoms with Crippen molar-refractivity contribution < 1.29 is 19.1 Å². The summed E-state index contributed by atoms with van der Waals surface area (Å²) in [6, 6.07) is 5.18. The van der Waals surface area contributed by atoms with E-state index < -0.39 is 5.91 Å². The molecule has 1 aromatic carbocycles. The number of ether oxygens (including phenoxy) is 2. The molecule has 0 bridgehead atoms. The Balaban J connectivity index is 1.90. The molecule has 1 aliphatic heterocycles. The monoisotopic (exact) mass is 357 g/mol. The summed E-state index contributed by atoms with van der Waals surface area (Å²) >= 11 is 0. The van der Waals surface area contributed by atoms with Crippen molar-refractivity contribution in [2.45, 2.75) is 45.3 Å². The predicted molar refractivity (Wildman–Crippen MR) is 97.3 cm³/mol. The third kappa shape index (κ3) is 4.04. The van der Waals surface area contributed by atoms with Crippen LogP contribution in [0.1, 0.15) is 43.5 Å². The number of fused-ring (bicyclic) bond motifs is 1. The van der Waals surface area contributed by atoms with Crippen molar-refractivity contribution in [1.82, 2.24) is 10.3 Å². The number of piperidine rings is 1. The van der Waals surface area contributed by atoms with Gasteiger partial charge in [-0.15, -0.1) is 0 Å². The van der Waals surface area contributed by atoms with Crippen LogP contribution in [0.2, 0.25) is 0 Å². The molecule has 1 aromatic heterocycles. The molecule has 7 heteroatoms. The second-order valence-corrected chi connectivity index (χ2v) is 6.68. The van der Waals surface area contributed by atoms with E-state index in [4.69, 9.17) is 15.2 Å². The van der Waals surface area contributed by atoms with Crippen LogP contribution in [-0.4, -0.2) is 35.6 Å². The fourth-order valence-electron chi connectivity index (χ4n) is 3.02. The van der Waals surface area contributed by atoms with E-state index in [9.17, 15) is 9.59 Å². The lowest BCUT2D eigenvalue weighted by Gasteiger charge is -2.23. The Morgan fingerprint density at radius 1 is 1.42 bits per heavy atom. The summed E-state index contributed by atoms with van der Waals surface area (Å²) < 4.78 is 11.6. The van der Waals surface area contributed by atoms with E-state index >= 15 is 0 Å². The second kappa shape index (κ2) is 7.59. The molecule has 1 aliphatic rings. The molecule has 0 radical (unpaired) electrons. The number of carbonyl (C=O) groups is 2. The number of aromatic nitrogens is 1. The van der Waals surface area contributed by atoms with Gasteiger partial charge in [-0.1, -0.05) is 0 Å². The number of amides is 2. The van der Waals surface area contributed by atoms with Crippen LogP contribution >= 0.6 is 0 Å². The lowest BCUT2D eigenvalue weighted by molar-refractivity contribution is -0.123. The predicted octanol–water partition coefficient (Wildman–Crippen LogP) is 2.17. The molecule has 2 amide bonds. The van der Waals surface area contributed by atoms with Gasteiger partial charge in [0.05, 0.1) is 17.7 Å². The van der Waals surface area contributed by atoms with Crippen LogP contribution in [0.4, 0.5) is 0 Å². The summed E-state index contributed by atoms with van der Waals surface area (Å²) in [5.41, 5.74) is 5.80. The molecule has 7 nitrogen and oxygen atoms in total. The molecule has 1 atom stereocenters. The topological polar surface area (TPSA) is 104 Å². The maximum absolute atomic E-state index is 11.8. The highest BCUT2D eigenvalue weighted by Crippen LogP contribution is 2.31. The fourth-order valence-corrected chi connectivity index (χ4v) is 3.02. The molecule has 0 saturated carbocycles. The van der Waals surface area contributed by atoms with Gasteiger partial charge in [0.1, 0.15) is 12.4 Å². The van der Waals surface area contributed by atoms with Crippen LogP contribution in [0.3, 0.4) is 0 Å². The molecule has 2 aromatic rings. The molecule has 2 heterocycles. The van der Waals surface area contributed by atoms with Crippen LogP contribution in [0.15, 0.2) is 24.4 Å². The number of rotatable bonds is 6. The number of nitrogens with one attached hydrogen (secondary N) is 1. The third-order valence-electron chi connectivity index (χ3n) is 4.20. The Kier molecular flexibility index (Phi) is 5.25. The largest absolute Gasteiger partial charge is 0.490 e. The first kappa shape index (κ1) is 18.0. The van der Waals surface area contributed by atoms with E-state index in [0.717, 1.165) is 23.6 Å². The lowest BCUT2D eigenvalue weighted by Crippen LogP contribution is -2.42. The van der Waals surface area contributed by atoms with Gasteiger partial charge in [-0.25, -0.2) is 4.98 Å². The third-order valence-corrected chi connectivity index (χ3v) is 4.20. The van der Waals surface area contributed by atoms with Crippen LogP contribution in [0.25, 0.3) is 10.8 Å². The number of pyridine rings is 1. The summed E-state index contributed by atoms with van der Waals surface area (Å²) in [6.07, 6.45) is 3.81. The molecular formula is C19H23N3O4. The van der Waals surface area contributed by atoms with Crippen LogP contribution in [0, 0.1) is 0 Å². The minimum atomic E-state index is -0.549. The van der Waals surface area contributed by atoms with Gasteiger partial charge in [-0.05, 0) is 50.3 Å². The standard InChI is InChI=1S/C19H23N3O4/c1-11(2)26-16-9-14-12(8-15(16)18(20)24)6-7-21-19(14)25-10-13-4-3-5-17(23)22-13/h6-9,11,13H,3-5,10H2,1-2H3,(H2,20,24)(H,22,23). The molecule has 0 aliphatic carbocycles. The molecular weight excluding hydrogens is 334 g/mol. The smallest absolute Gasteiger partial charge is 0.252 e. The highest BCUT2D eigenvalue weighted by atomic mass is 16.5. The Morgan fingerprint density at radius 2 is 2.23 bits per heavy atom. The molecule has 138 valence electrons. The summed E-state index contributed by atoms with van der Waals surface area (Å²) in [7, 11) is 0. The zero-order valence-electron chi connectivity index (χ0n) is 15.0. The fraction of sp³-hybridized carbons (Fsp3) is 0.421. The zero-order valence-corrected chi connectivity index (χ0v) is 15.0. The van der Waals surface area contributed by atoms with Crippen molar-refractivity contribution in [3.8, 4) is 11.6 Å². The van der Waals surface area contributed by atoms with Crippen molar-refractivity contribution >= 4 is 22.6 Å². The van der Waals surface area contributed by atoms with Gasteiger partial charge in [0, 0.05) is 18.0 Å². The van der Waals surface area contributed by atoms with Gasteiger partial charge >= 0.3 is 0 Å². The highest BCUT2D eigenvalue weighted by Gasteiger charge is 2.20. The van der Waals surface area contributed by atoms with E-state index in [1.807, 2.05) is 13.8 Å². The van der Waals surface area contributed by atoms with Crippen LogP contribution in [-0.2, 0) is 4.79 Å². The minimum Gasteiger partial charge on any atom is -0.490 e. The molecule has 26 heavy (non-hydrogen) atoms. The maximum atomic E-state index is 11.8. The summed E-state index contributed by atoms with van der Waals surface area (Å²) in [5.74, 6) is 0.344. The van der Waals surface area contributed by atoms with Gasteiger partial charge in [0.2, 0.25) is 11.8 Å². The number of nitrogens with zero attached hydrogens (tertiary/aromatic N) is 1. The van der Waals surface area contributed by atoms with Gasteiger partial charge in [-0.3, -0.25) is 9.59 Å². The molecule has 3 rings (SSSR count). The van der Waals surface area contributed by atoms with Crippen molar-refractivity contribution in [3.63, 3.8) is 0 Å². The quantitative estimate of drug-likeness (QED) is 0.824. The van der Waals surface area contributed by atoms with Gasteiger partial charge in [0.25, 0.3) is 5.91 Å². The molecule has 3 N–H and O–H groups in total. The number of hydrogen-bond donors (Lipinski definition) is 2. The number of benzene rings is 1. The Hall–Kier alpha value is -2.83. The normalized spacial score (nSPS) is 17.2. The highest BCUT2D eigenvalue weighted by molar-refractivity contribution is 6.01. The number of carbonyl (C=O) groups excluding carboxylic acids is 2. The first-order valence-electron chi connectivity index (χ1n) is 8.75. The number of primary amides is 1. The Morgan fingerprint density at radius 3 is 2.92 bits per heavy atom. The Bertz CT molecular complexity index is 835. The van der Waals surface area contributed by atoms with E-state index in [1.54, 1.807) is 24.4 Å². The molecule has 1 unspecified atom stereocenters. The second-order valence-electron chi connectivity index (χ2n) is 6.68.